The number of unbranched alkanes of at least 4 members (excludes halogenated alkanes) is 1. The largest absolute Gasteiger partial charge is 0.395 e. The minimum absolute atomic E-state index is 0.0175. The van der Waals surface area contributed by atoms with Crippen molar-refractivity contribution in [3.05, 3.63) is 33.3 Å². The van der Waals surface area contributed by atoms with Gasteiger partial charge in [-0.25, -0.2) is 0 Å². The summed E-state index contributed by atoms with van der Waals surface area (Å²) in [5.74, 6) is 0. The predicted molar refractivity (Wildman–Crippen MR) is 72.3 cm³/mol. The molecule has 18 heavy (non-hydrogen) atoms. The van der Waals surface area contributed by atoms with Crippen molar-refractivity contribution in [1.82, 2.24) is 0 Å². The van der Waals surface area contributed by atoms with Crippen LogP contribution in [-0.4, -0.2) is 29.7 Å². The van der Waals surface area contributed by atoms with E-state index in [-0.39, 0.29) is 12.3 Å². The first-order valence-electron chi connectivity index (χ1n) is 5.90. The Hall–Kier alpha value is -1.33. The maximum Gasteiger partial charge on any atom is 0.292 e. The SMILES string of the molecule is CCCCN(CCO)c1cc(Cl)ccc1[N+](=O)[O-]. The molecule has 5 nitrogen and oxygen atoms in total. The summed E-state index contributed by atoms with van der Waals surface area (Å²) < 4.78 is 0. The lowest BCUT2D eigenvalue weighted by Gasteiger charge is -2.23. The van der Waals surface area contributed by atoms with Crippen LogP contribution in [0, 0.1) is 10.1 Å². The fourth-order valence-corrected chi connectivity index (χ4v) is 1.89. The van der Waals surface area contributed by atoms with Gasteiger partial charge in [-0.05, 0) is 18.6 Å². The molecule has 0 atom stereocenters. The Morgan fingerprint density at radius 3 is 2.72 bits per heavy atom. The Bertz CT molecular complexity index is 412. The molecule has 100 valence electrons. The van der Waals surface area contributed by atoms with Gasteiger partial charge in [-0.2, -0.15) is 0 Å². The van der Waals surface area contributed by atoms with Gasteiger partial charge in [-0.15, -0.1) is 0 Å². The Morgan fingerprint density at radius 1 is 1.44 bits per heavy atom. The first-order valence-corrected chi connectivity index (χ1v) is 6.27. The van der Waals surface area contributed by atoms with Gasteiger partial charge in [0.25, 0.3) is 5.69 Å². The molecule has 0 spiro atoms. The Labute approximate surface area is 111 Å². The number of hydrogen-bond acceptors (Lipinski definition) is 4. The van der Waals surface area contributed by atoms with E-state index in [1.807, 2.05) is 6.92 Å². The molecule has 0 bridgehead atoms. The zero-order chi connectivity index (χ0) is 13.5. The number of halogens is 1. The van der Waals surface area contributed by atoms with E-state index >= 15 is 0 Å². The first kappa shape index (κ1) is 14.7. The van der Waals surface area contributed by atoms with Crippen molar-refractivity contribution in [3.63, 3.8) is 0 Å². The van der Waals surface area contributed by atoms with E-state index in [0.717, 1.165) is 12.8 Å². The highest BCUT2D eigenvalue weighted by molar-refractivity contribution is 6.31. The molecule has 1 aromatic rings. The minimum Gasteiger partial charge on any atom is -0.395 e. The van der Waals surface area contributed by atoms with Crippen molar-refractivity contribution in [2.75, 3.05) is 24.6 Å². The maximum atomic E-state index is 11.0. The zero-order valence-corrected chi connectivity index (χ0v) is 11.1. The van der Waals surface area contributed by atoms with Crippen LogP contribution in [0.3, 0.4) is 0 Å². The van der Waals surface area contributed by atoms with Crippen LogP contribution < -0.4 is 4.90 Å². The third-order valence-corrected chi connectivity index (χ3v) is 2.86. The zero-order valence-electron chi connectivity index (χ0n) is 10.3. The number of anilines is 1. The summed E-state index contributed by atoms with van der Waals surface area (Å²) in [7, 11) is 0. The molecule has 0 aromatic heterocycles. The van der Waals surface area contributed by atoms with Gasteiger partial charge in [0.2, 0.25) is 0 Å². The summed E-state index contributed by atoms with van der Waals surface area (Å²) in [5.41, 5.74) is 0.485. The highest BCUT2D eigenvalue weighted by Crippen LogP contribution is 2.31. The standard InChI is InChI=1S/C12H17ClN2O3/c1-2-3-6-14(7-8-16)12-9-10(13)4-5-11(12)15(17)18/h4-5,9,16H,2-3,6-8H2,1H3. The molecule has 0 heterocycles. The molecular formula is C12H17ClN2O3. The van der Waals surface area contributed by atoms with E-state index in [1.54, 1.807) is 11.0 Å². The predicted octanol–water partition coefficient (Wildman–Crippen LogP) is 2.85. The Morgan fingerprint density at radius 2 is 2.17 bits per heavy atom. The van der Waals surface area contributed by atoms with Crippen molar-refractivity contribution < 1.29 is 10.0 Å². The smallest absolute Gasteiger partial charge is 0.292 e. The summed E-state index contributed by atoms with van der Waals surface area (Å²) >= 11 is 5.89. The van der Waals surface area contributed by atoms with Crippen LogP contribution in [0.25, 0.3) is 0 Å². The molecule has 0 saturated heterocycles. The van der Waals surface area contributed by atoms with Gasteiger partial charge in [0, 0.05) is 24.2 Å². The van der Waals surface area contributed by atoms with Crippen LogP contribution in [0.15, 0.2) is 18.2 Å². The summed E-state index contributed by atoms with van der Waals surface area (Å²) in [6, 6.07) is 4.47. The lowest BCUT2D eigenvalue weighted by atomic mass is 10.2. The number of nitrogens with zero attached hydrogens (tertiary/aromatic N) is 2. The molecule has 0 amide bonds. The Kier molecular flexibility index (Phi) is 5.88. The first-order chi connectivity index (χ1) is 8.60. The molecule has 0 saturated carbocycles. The second kappa shape index (κ2) is 7.18. The van der Waals surface area contributed by atoms with E-state index in [4.69, 9.17) is 16.7 Å². The monoisotopic (exact) mass is 272 g/mol. The van der Waals surface area contributed by atoms with Crippen LogP contribution in [0.4, 0.5) is 11.4 Å². The van der Waals surface area contributed by atoms with Gasteiger partial charge in [0.1, 0.15) is 5.69 Å². The second-order valence-electron chi connectivity index (χ2n) is 3.95. The van der Waals surface area contributed by atoms with Crippen molar-refractivity contribution in [3.8, 4) is 0 Å². The van der Waals surface area contributed by atoms with Gasteiger partial charge < -0.3 is 10.0 Å². The van der Waals surface area contributed by atoms with E-state index < -0.39 is 4.92 Å². The number of aliphatic hydroxyl groups excluding tert-OH is 1. The average molecular weight is 273 g/mol. The van der Waals surface area contributed by atoms with E-state index in [0.29, 0.717) is 23.8 Å². The number of aliphatic hydroxyl groups is 1. The number of nitro groups is 1. The fourth-order valence-electron chi connectivity index (χ4n) is 1.73. The normalized spacial score (nSPS) is 10.4. The van der Waals surface area contributed by atoms with Gasteiger partial charge >= 0.3 is 0 Å². The molecular weight excluding hydrogens is 256 g/mol. The van der Waals surface area contributed by atoms with Crippen molar-refractivity contribution in [2.24, 2.45) is 0 Å². The lowest BCUT2D eigenvalue weighted by molar-refractivity contribution is -0.384. The number of rotatable bonds is 7. The topological polar surface area (TPSA) is 66.6 Å². The summed E-state index contributed by atoms with van der Waals surface area (Å²) in [6.45, 7) is 3.02. The van der Waals surface area contributed by atoms with E-state index in [1.165, 1.54) is 12.1 Å². The molecule has 0 fully saturated rings. The number of nitro benzene ring substituents is 1. The van der Waals surface area contributed by atoms with E-state index in [9.17, 15) is 10.1 Å². The van der Waals surface area contributed by atoms with Gasteiger partial charge in [0.05, 0.1) is 11.5 Å². The molecule has 0 aliphatic rings. The quantitative estimate of drug-likeness (QED) is 0.612. The van der Waals surface area contributed by atoms with Crippen LogP contribution in [0.1, 0.15) is 19.8 Å². The third kappa shape index (κ3) is 3.85. The third-order valence-electron chi connectivity index (χ3n) is 2.63. The van der Waals surface area contributed by atoms with Crippen molar-refractivity contribution >= 4 is 23.0 Å². The minimum atomic E-state index is -0.429. The summed E-state index contributed by atoms with van der Waals surface area (Å²) in [6.07, 6.45) is 1.89. The van der Waals surface area contributed by atoms with Crippen molar-refractivity contribution in [2.45, 2.75) is 19.8 Å². The highest BCUT2D eigenvalue weighted by atomic mass is 35.5. The van der Waals surface area contributed by atoms with Crippen LogP contribution in [-0.2, 0) is 0 Å². The van der Waals surface area contributed by atoms with Gasteiger partial charge in [0.15, 0.2) is 0 Å². The highest BCUT2D eigenvalue weighted by Gasteiger charge is 2.19. The second-order valence-corrected chi connectivity index (χ2v) is 4.39. The molecule has 0 aliphatic heterocycles. The number of hydrogen-bond donors (Lipinski definition) is 1. The number of benzene rings is 1. The molecule has 6 heteroatoms. The van der Waals surface area contributed by atoms with Crippen molar-refractivity contribution in [1.29, 1.82) is 0 Å². The Balaban J connectivity index is 3.07. The molecule has 0 unspecified atom stereocenters. The lowest BCUT2D eigenvalue weighted by Crippen LogP contribution is -2.28. The van der Waals surface area contributed by atoms with E-state index in [2.05, 4.69) is 0 Å². The summed E-state index contributed by atoms with van der Waals surface area (Å²) in [4.78, 5) is 12.4. The average Bonchev–Trinajstić information content (AvgIpc) is 2.34. The van der Waals surface area contributed by atoms with Gasteiger partial charge in [-0.3, -0.25) is 10.1 Å². The molecule has 0 radical (unpaired) electrons. The molecule has 1 N–H and O–H groups in total. The fraction of sp³-hybridized carbons (Fsp3) is 0.500. The summed E-state index contributed by atoms with van der Waals surface area (Å²) in [5, 5.41) is 20.5. The van der Waals surface area contributed by atoms with Crippen LogP contribution in [0.2, 0.25) is 5.02 Å². The van der Waals surface area contributed by atoms with Gasteiger partial charge in [-0.1, -0.05) is 24.9 Å². The molecule has 1 rings (SSSR count). The van der Waals surface area contributed by atoms with Crippen LogP contribution in [0.5, 0.6) is 0 Å². The molecule has 1 aromatic carbocycles. The van der Waals surface area contributed by atoms with Crippen LogP contribution >= 0.6 is 11.6 Å². The molecule has 0 aliphatic carbocycles. The maximum absolute atomic E-state index is 11.0.